The Morgan fingerprint density at radius 2 is 1.92 bits per heavy atom. The van der Waals surface area contributed by atoms with Crippen molar-refractivity contribution in [3.63, 3.8) is 0 Å². The lowest BCUT2D eigenvalue weighted by molar-refractivity contribution is -0.134. The van der Waals surface area contributed by atoms with Crippen LogP contribution < -0.4 is 5.46 Å². The summed E-state index contributed by atoms with van der Waals surface area (Å²) in [6, 6.07) is 5.47. The van der Waals surface area contributed by atoms with E-state index in [9.17, 15) is 4.79 Å². The summed E-state index contributed by atoms with van der Waals surface area (Å²) in [5.74, 6) is -0.115. The van der Waals surface area contributed by atoms with Crippen molar-refractivity contribution in [3.8, 4) is 0 Å². The zero-order chi connectivity index (χ0) is 19.1. The van der Waals surface area contributed by atoms with Gasteiger partial charge >= 0.3 is 7.12 Å². The summed E-state index contributed by atoms with van der Waals surface area (Å²) in [5.41, 5.74) is 0.873. The van der Waals surface area contributed by atoms with Gasteiger partial charge in [0.25, 0.3) is 0 Å². The number of hydrogen-bond donors (Lipinski definition) is 0. The lowest BCUT2D eigenvalue weighted by Gasteiger charge is -2.35. The minimum atomic E-state index is -0.509. The monoisotopic (exact) mass is 377 g/mol. The summed E-state index contributed by atoms with van der Waals surface area (Å²) in [6.07, 6.45) is 1.33. The summed E-state index contributed by atoms with van der Waals surface area (Å²) in [6.45, 7) is 13.1. The summed E-state index contributed by atoms with van der Waals surface area (Å²) < 4.78 is 17.9. The minimum Gasteiger partial charge on any atom is -0.399 e. The van der Waals surface area contributed by atoms with Crippen LogP contribution >= 0.6 is 11.6 Å². The summed E-state index contributed by atoms with van der Waals surface area (Å²) in [5, 5.41) is 0.573. The first kappa shape index (κ1) is 19.4. The highest BCUT2D eigenvalue weighted by Crippen LogP contribution is 2.37. The molecule has 26 heavy (non-hydrogen) atoms. The maximum atomic E-state index is 12.2. The molecule has 1 aromatic carbocycles. The Kier molecular flexibility index (Phi) is 5.23. The predicted octanol–water partition coefficient (Wildman–Crippen LogP) is 2.73. The van der Waals surface area contributed by atoms with Crippen LogP contribution in [0.15, 0.2) is 30.9 Å². The fourth-order valence-corrected chi connectivity index (χ4v) is 3.46. The smallest absolute Gasteiger partial charge is 0.399 e. The molecular weight excluding hydrogens is 352 g/mol. The normalized spacial score (nSPS) is 24.6. The molecule has 1 atom stereocenters. The molecule has 140 valence electrons. The van der Waals surface area contributed by atoms with Crippen LogP contribution in [0.5, 0.6) is 0 Å². The van der Waals surface area contributed by atoms with Crippen LogP contribution in [0.4, 0.5) is 0 Å². The van der Waals surface area contributed by atoms with Crippen LogP contribution in [0.3, 0.4) is 0 Å². The van der Waals surface area contributed by atoms with Gasteiger partial charge in [0.1, 0.15) is 0 Å². The van der Waals surface area contributed by atoms with Crippen molar-refractivity contribution in [2.45, 2.75) is 44.9 Å². The molecule has 0 spiro atoms. The molecule has 1 aromatic rings. The predicted molar refractivity (Wildman–Crippen MR) is 103 cm³/mol. The van der Waals surface area contributed by atoms with E-state index in [1.54, 1.807) is 4.90 Å². The molecule has 2 aliphatic heterocycles. The molecule has 3 rings (SSSR count). The van der Waals surface area contributed by atoms with Gasteiger partial charge in [-0.2, -0.15) is 0 Å². The van der Waals surface area contributed by atoms with E-state index >= 15 is 0 Å². The van der Waals surface area contributed by atoms with Crippen LogP contribution in [0.2, 0.25) is 5.02 Å². The molecule has 2 saturated heterocycles. The number of hydrogen-bond acceptors (Lipinski definition) is 4. The molecule has 2 aliphatic rings. The Labute approximate surface area is 160 Å². The molecule has 0 N–H and O–H groups in total. The van der Waals surface area contributed by atoms with Crippen molar-refractivity contribution < 1.29 is 18.8 Å². The van der Waals surface area contributed by atoms with Gasteiger partial charge in [-0.25, -0.2) is 0 Å². The molecule has 5 nitrogen and oxygen atoms in total. The molecule has 0 bridgehead atoms. The topological polar surface area (TPSA) is 48.0 Å². The van der Waals surface area contributed by atoms with Crippen molar-refractivity contribution in [1.82, 2.24) is 4.90 Å². The van der Waals surface area contributed by atoms with E-state index in [1.807, 2.05) is 45.9 Å². The summed E-state index contributed by atoms with van der Waals surface area (Å²) >= 11 is 6.38. The van der Waals surface area contributed by atoms with Crippen LogP contribution in [0.1, 0.15) is 39.3 Å². The zero-order valence-electron chi connectivity index (χ0n) is 15.8. The zero-order valence-corrected chi connectivity index (χ0v) is 16.5. The number of halogens is 1. The number of nitrogens with zero attached hydrogens (tertiary/aromatic N) is 1. The number of amides is 1. The molecule has 0 aromatic heterocycles. The van der Waals surface area contributed by atoms with Gasteiger partial charge in [0.15, 0.2) is 0 Å². The van der Waals surface area contributed by atoms with E-state index in [2.05, 4.69) is 6.58 Å². The van der Waals surface area contributed by atoms with Crippen molar-refractivity contribution in [1.29, 1.82) is 0 Å². The third-order valence-electron chi connectivity index (χ3n) is 5.44. The first-order valence-electron chi connectivity index (χ1n) is 8.81. The quantitative estimate of drug-likeness (QED) is 0.600. The highest BCUT2D eigenvalue weighted by Gasteiger charge is 2.51. The van der Waals surface area contributed by atoms with E-state index in [0.717, 1.165) is 11.0 Å². The van der Waals surface area contributed by atoms with E-state index < -0.39 is 18.3 Å². The minimum absolute atomic E-state index is 0.115. The summed E-state index contributed by atoms with van der Waals surface area (Å²) in [4.78, 5) is 14.0. The van der Waals surface area contributed by atoms with Gasteiger partial charge in [0, 0.05) is 11.6 Å². The third kappa shape index (κ3) is 3.56. The number of ether oxygens (including phenoxy) is 1. The van der Waals surface area contributed by atoms with Gasteiger partial charge < -0.3 is 18.9 Å². The molecule has 2 heterocycles. The Balaban J connectivity index is 1.93. The lowest BCUT2D eigenvalue weighted by atomic mass is 9.78. The second kappa shape index (κ2) is 7.00. The Bertz CT molecular complexity index is 705. The van der Waals surface area contributed by atoms with Crippen LogP contribution in [0.25, 0.3) is 0 Å². The van der Waals surface area contributed by atoms with Crippen LogP contribution in [0, 0.1) is 0 Å². The molecule has 0 saturated carbocycles. The number of rotatable bonds is 3. The van der Waals surface area contributed by atoms with Gasteiger partial charge in [-0.15, -0.1) is 0 Å². The molecule has 1 amide bonds. The number of morpholine rings is 1. The number of benzene rings is 1. The lowest BCUT2D eigenvalue weighted by Crippen LogP contribution is -2.43. The van der Waals surface area contributed by atoms with Gasteiger partial charge in [-0.1, -0.05) is 24.2 Å². The largest absolute Gasteiger partial charge is 0.494 e. The van der Waals surface area contributed by atoms with Crippen molar-refractivity contribution in [2.75, 3.05) is 19.8 Å². The van der Waals surface area contributed by atoms with Gasteiger partial charge in [-0.3, -0.25) is 4.79 Å². The van der Waals surface area contributed by atoms with Gasteiger partial charge in [-0.05, 0) is 56.9 Å². The van der Waals surface area contributed by atoms with Crippen LogP contribution in [-0.2, 0) is 18.8 Å². The second-order valence-corrected chi connectivity index (χ2v) is 8.17. The van der Waals surface area contributed by atoms with Gasteiger partial charge in [0.05, 0.1) is 30.5 Å². The number of carbonyl (C=O) groups is 1. The first-order valence-corrected chi connectivity index (χ1v) is 9.19. The maximum absolute atomic E-state index is 12.2. The molecule has 0 aliphatic carbocycles. The van der Waals surface area contributed by atoms with Crippen molar-refractivity contribution >= 4 is 30.1 Å². The standard InChI is InChI=1S/C19H25BClNO4/c1-6-17(23)22-7-8-24-12-16(22)13-9-14(11-15(21)10-13)20-25-18(2,3)19(4,5)26-20/h6,9-11,16H,1,7-8,12H2,2-5H3/t16-/m0/s1. The molecule has 0 unspecified atom stereocenters. The van der Waals surface area contributed by atoms with Crippen molar-refractivity contribution in [2.24, 2.45) is 0 Å². The highest BCUT2D eigenvalue weighted by atomic mass is 35.5. The SMILES string of the molecule is C=CC(=O)N1CCOC[C@H]1c1cc(Cl)cc(B2OC(C)(C)C(C)(C)O2)c1. The fourth-order valence-electron chi connectivity index (χ4n) is 3.20. The maximum Gasteiger partial charge on any atom is 0.494 e. The molecule has 0 radical (unpaired) electrons. The summed E-state index contributed by atoms with van der Waals surface area (Å²) in [7, 11) is -0.509. The van der Waals surface area contributed by atoms with E-state index in [0.29, 0.717) is 24.8 Å². The van der Waals surface area contributed by atoms with Gasteiger partial charge in [0.2, 0.25) is 5.91 Å². The Morgan fingerprint density at radius 1 is 1.27 bits per heavy atom. The van der Waals surface area contributed by atoms with E-state index in [1.165, 1.54) is 6.08 Å². The van der Waals surface area contributed by atoms with Crippen LogP contribution in [-0.4, -0.2) is 48.9 Å². The first-order chi connectivity index (χ1) is 12.1. The Morgan fingerprint density at radius 3 is 2.54 bits per heavy atom. The van der Waals surface area contributed by atoms with E-state index in [4.69, 9.17) is 25.6 Å². The average Bonchev–Trinajstić information content (AvgIpc) is 2.81. The second-order valence-electron chi connectivity index (χ2n) is 7.73. The molecule has 2 fully saturated rings. The fraction of sp³-hybridized carbons (Fsp3) is 0.526. The molecule has 7 heteroatoms. The average molecular weight is 378 g/mol. The Hall–Kier alpha value is -1.34. The molecular formula is C19H25BClNO4. The van der Waals surface area contributed by atoms with E-state index in [-0.39, 0.29) is 11.9 Å². The highest BCUT2D eigenvalue weighted by molar-refractivity contribution is 6.62. The number of carbonyl (C=O) groups excluding carboxylic acids is 1. The third-order valence-corrected chi connectivity index (χ3v) is 5.66. The van der Waals surface area contributed by atoms with Crippen molar-refractivity contribution in [3.05, 3.63) is 41.4 Å².